The maximum Gasteiger partial charge on any atom is 0.272 e. The van der Waals surface area contributed by atoms with Crippen LogP contribution in [0.25, 0.3) is 11.0 Å². The SMILES string of the molecule is COc1ccc2[nH]c(=O)c(C(O)C3CCCCC3)nc2c1. The van der Waals surface area contributed by atoms with Crippen molar-refractivity contribution in [2.45, 2.75) is 38.2 Å². The summed E-state index contributed by atoms with van der Waals surface area (Å²) in [6.45, 7) is 0. The van der Waals surface area contributed by atoms with Crippen molar-refractivity contribution in [1.29, 1.82) is 0 Å². The molecule has 1 heterocycles. The highest BCUT2D eigenvalue weighted by atomic mass is 16.5. The Morgan fingerprint density at radius 3 is 2.81 bits per heavy atom. The Kier molecular flexibility index (Phi) is 3.92. The van der Waals surface area contributed by atoms with Crippen molar-refractivity contribution in [1.82, 2.24) is 9.97 Å². The van der Waals surface area contributed by atoms with Crippen LogP contribution in [0.2, 0.25) is 0 Å². The summed E-state index contributed by atoms with van der Waals surface area (Å²) in [6.07, 6.45) is 4.56. The Bertz CT molecular complexity index is 689. The van der Waals surface area contributed by atoms with Crippen molar-refractivity contribution in [2.75, 3.05) is 7.11 Å². The second-order valence-electron chi connectivity index (χ2n) is 5.68. The fourth-order valence-corrected chi connectivity index (χ4v) is 3.08. The van der Waals surface area contributed by atoms with Crippen LogP contribution in [0.4, 0.5) is 0 Å². The first-order valence-corrected chi connectivity index (χ1v) is 7.45. The molecule has 2 N–H and O–H groups in total. The van der Waals surface area contributed by atoms with Crippen molar-refractivity contribution in [2.24, 2.45) is 5.92 Å². The molecule has 0 spiro atoms. The predicted molar refractivity (Wildman–Crippen MR) is 80.5 cm³/mol. The number of rotatable bonds is 3. The lowest BCUT2D eigenvalue weighted by Gasteiger charge is -2.25. The topological polar surface area (TPSA) is 75.2 Å². The number of nitrogens with zero attached hydrogens (tertiary/aromatic N) is 1. The summed E-state index contributed by atoms with van der Waals surface area (Å²) in [4.78, 5) is 19.3. The average Bonchev–Trinajstić information content (AvgIpc) is 2.54. The van der Waals surface area contributed by atoms with Gasteiger partial charge in [0.1, 0.15) is 17.5 Å². The molecule has 1 saturated carbocycles. The molecule has 1 atom stereocenters. The fourth-order valence-electron chi connectivity index (χ4n) is 3.08. The quantitative estimate of drug-likeness (QED) is 0.910. The van der Waals surface area contributed by atoms with Gasteiger partial charge in [-0.2, -0.15) is 0 Å². The highest BCUT2D eigenvalue weighted by molar-refractivity contribution is 5.75. The van der Waals surface area contributed by atoms with E-state index >= 15 is 0 Å². The van der Waals surface area contributed by atoms with Gasteiger partial charge in [0.05, 0.1) is 18.1 Å². The van der Waals surface area contributed by atoms with Crippen molar-refractivity contribution in [3.8, 4) is 5.75 Å². The zero-order valence-corrected chi connectivity index (χ0v) is 12.1. The molecule has 5 heteroatoms. The number of H-pyrrole nitrogens is 1. The van der Waals surface area contributed by atoms with E-state index in [9.17, 15) is 9.90 Å². The van der Waals surface area contributed by atoms with Crippen LogP contribution in [0.15, 0.2) is 23.0 Å². The number of methoxy groups -OCH3 is 1. The number of hydrogen-bond acceptors (Lipinski definition) is 4. The van der Waals surface area contributed by atoms with Gasteiger partial charge in [-0.3, -0.25) is 4.79 Å². The van der Waals surface area contributed by atoms with E-state index in [-0.39, 0.29) is 17.2 Å². The second kappa shape index (κ2) is 5.85. The molecule has 1 aliphatic carbocycles. The largest absolute Gasteiger partial charge is 0.497 e. The summed E-state index contributed by atoms with van der Waals surface area (Å²) in [5, 5.41) is 10.5. The van der Waals surface area contributed by atoms with Gasteiger partial charge in [0, 0.05) is 6.07 Å². The number of hydrogen-bond donors (Lipinski definition) is 2. The first-order chi connectivity index (χ1) is 10.2. The van der Waals surface area contributed by atoms with Gasteiger partial charge in [0.15, 0.2) is 0 Å². The zero-order chi connectivity index (χ0) is 14.8. The predicted octanol–water partition coefficient (Wildman–Crippen LogP) is 2.55. The summed E-state index contributed by atoms with van der Waals surface area (Å²) in [5.41, 5.74) is 1.22. The molecule has 1 aromatic heterocycles. The maximum atomic E-state index is 12.2. The molecule has 1 aliphatic rings. The van der Waals surface area contributed by atoms with Gasteiger partial charge in [-0.05, 0) is 30.9 Å². The average molecular weight is 288 g/mol. The van der Waals surface area contributed by atoms with Crippen LogP contribution in [0, 0.1) is 5.92 Å². The molecule has 0 saturated heterocycles. The molecule has 2 aromatic rings. The van der Waals surface area contributed by atoms with Gasteiger partial charge in [-0.1, -0.05) is 19.3 Å². The molecule has 1 unspecified atom stereocenters. The normalized spacial score (nSPS) is 17.8. The third-order valence-corrected chi connectivity index (χ3v) is 4.30. The van der Waals surface area contributed by atoms with Gasteiger partial charge in [0.2, 0.25) is 0 Å². The minimum atomic E-state index is -0.787. The van der Waals surface area contributed by atoms with E-state index in [1.165, 1.54) is 6.42 Å². The Balaban J connectivity index is 2.00. The van der Waals surface area contributed by atoms with Gasteiger partial charge < -0.3 is 14.8 Å². The number of benzene rings is 1. The third kappa shape index (κ3) is 2.78. The summed E-state index contributed by atoms with van der Waals surface area (Å²) in [5.74, 6) is 0.815. The van der Waals surface area contributed by atoms with E-state index in [4.69, 9.17) is 4.74 Å². The number of aliphatic hydroxyl groups excluding tert-OH is 1. The summed E-state index contributed by atoms with van der Waals surface area (Å²) >= 11 is 0. The number of aromatic nitrogens is 2. The molecule has 1 aromatic carbocycles. The fraction of sp³-hybridized carbons (Fsp3) is 0.500. The van der Waals surface area contributed by atoms with Crippen LogP contribution in [0.3, 0.4) is 0 Å². The molecule has 0 bridgehead atoms. The highest BCUT2D eigenvalue weighted by Crippen LogP contribution is 2.33. The molecule has 0 radical (unpaired) electrons. The lowest BCUT2D eigenvalue weighted by atomic mass is 9.84. The van der Waals surface area contributed by atoms with Gasteiger partial charge in [-0.15, -0.1) is 0 Å². The molecule has 0 aliphatic heterocycles. The van der Waals surface area contributed by atoms with Crippen molar-refractivity contribution in [3.63, 3.8) is 0 Å². The van der Waals surface area contributed by atoms with Crippen LogP contribution in [0.5, 0.6) is 5.75 Å². The molecule has 5 nitrogen and oxygen atoms in total. The summed E-state index contributed by atoms with van der Waals surface area (Å²) in [6, 6.07) is 5.30. The van der Waals surface area contributed by atoms with Crippen LogP contribution in [0.1, 0.15) is 43.9 Å². The van der Waals surface area contributed by atoms with E-state index in [1.54, 1.807) is 25.3 Å². The maximum absolute atomic E-state index is 12.2. The third-order valence-electron chi connectivity index (χ3n) is 4.30. The number of ether oxygens (including phenoxy) is 1. The van der Waals surface area contributed by atoms with Crippen LogP contribution >= 0.6 is 0 Å². The lowest BCUT2D eigenvalue weighted by Crippen LogP contribution is -2.25. The molecule has 0 amide bonds. The lowest BCUT2D eigenvalue weighted by molar-refractivity contribution is 0.0801. The van der Waals surface area contributed by atoms with Crippen LogP contribution in [-0.2, 0) is 0 Å². The summed E-state index contributed by atoms with van der Waals surface area (Å²) in [7, 11) is 1.59. The summed E-state index contributed by atoms with van der Waals surface area (Å²) < 4.78 is 5.17. The minimum Gasteiger partial charge on any atom is -0.497 e. The van der Waals surface area contributed by atoms with E-state index in [0.29, 0.717) is 16.8 Å². The van der Waals surface area contributed by atoms with E-state index in [0.717, 1.165) is 25.7 Å². The number of aromatic amines is 1. The number of fused-ring (bicyclic) bond motifs is 1. The Labute approximate surface area is 123 Å². The highest BCUT2D eigenvalue weighted by Gasteiger charge is 2.26. The number of nitrogens with one attached hydrogen (secondary N) is 1. The van der Waals surface area contributed by atoms with Crippen molar-refractivity contribution in [3.05, 3.63) is 34.2 Å². The smallest absolute Gasteiger partial charge is 0.272 e. The first kappa shape index (κ1) is 14.1. The molecule has 1 fully saturated rings. The number of aliphatic hydroxyl groups is 1. The molecule has 112 valence electrons. The van der Waals surface area contributed by atoms with E-state index in [1.807, 2.05) is 0 Å². The standard InChI is InChI=1S/C16H20N2O3/c1-21-11-7-8-12-13(9-11)17-14(16(20)18-12)15(19)10-5-3-2-4-6-10/h7-10,15,19H,2-6H2,1H3,(H,18,20). The zero-order valence-electron chi connectivity index (χ0n) is 12.1. The monoisotopic (exact) mass is 288 g/mol. The van der Waals surface area contributed by atoms with Crippen molar-refractivity contribution < 1.29 is 9.84 Å². The van der Waals surface area contributed by atoms with E-state index < -0.39 is 6.10 Å². The van der Waals surface area contributed by atoms with Crippen molar-refractivity contribution >= 4 is 11.0 Å². The van der Waals surface area contributed by atoms with E-state index in [2.05, 4.69) is 9.97 Å². The minimum absolute atomic E-state index is 0.135. The molecular weight excluding hydrogens is 268 g/mol. The van der Waals surface area contributed by atoms with Gasteiger partial charge in [-0.25, -0.2) is 4.98 Å². The molecule has 3 rings (SSSR count). The molecular formula is C16H20N2O3. The van der Waals surface area contributed by atoms with Gasteiger partial charge >= 0.3 is 0 Å². The molecule has 21 heavy (non-hydrogen) atoms. The Morgan fingerprint density at radius 2 is 2.10 bits per heavy atom. The first-order valence-electron chi connectivity index (χ1n) is 7.45. The van der Waals surface area contributed by atoms with Crippen LogP contribution in [-0.4, -0.2) is 22.2 Å². The van der Waals surface area contributed by atoms with Crippen LogP contribution < -0.4 is 10.3 Å². The Morgan fingerprint density at radius 1 is 1.33 bits per heavy atom. The Hall–Kier alpha value is -1.88. The van der Waals surface area contributed by atoms with Gasteiger partial charge in [0.25, 0.3) is 5.56 Å². The second-order valence-corrected chi connectivity index (χ2v) is 5.68.